The van der Waals surface area contributed by atoms with Gasteiger partial charge in [-0.15, -0.1) is 0 Å². The molecule has 4 heteroatoms. The van der Waals surface area contributed by atoms with Crippen molar-refractivity contribution in [3.63, 3.8) is 0 Å². The predicted molar refractivity (Wildman–Crippen MR) is 81.3 cm³/mol. The molecule has 0 saturated carbocycles. The molecule has 3 N–H and O–H groups in total. The first-order valence-corrected chi connectivity index (χ1v) is 7.27. The Morgan fingerprint density at radius 3 is 2.50 bits per heavy atom. The normalized spacial score (nSPS) is 15.4. The number of phenols is 1. The molecule has 0 radical (unpaired) electrons. The highest BCUT2D eigenvalue weighted by Crippen LogP contribution is 2.24. The van der Waals surface area contributed by atoms with Crippen LogP contribution in [0.1, 0.15) is 45.7 Å². The molecule has 1 aromatic carbocycles. The quantitative estimate of drug-likeness (QED) is 0.840. The van der Waals surface area contributed by atoms with Gasteiger partial charge in [-0.25, -0.2) is 0 Å². The number of benzene rings is 1. The molecule has 0 spiro atoms. The molecule has 1 amide bonds. The van der Waals surface area contributed by atoms with Gasteiger partial charge in [-0.1, -0.05) is 32.4 Å². The lowest BCUT2D eigenvalue weighted by Gasteiger charge is -2.32. The number of carbonyl (C=O) groups excluding carboxylic acids is 1. The standard InChI is InChI=1S/C16H26N2O2/c1-5-11(3)15(17)16(20)18(6-2)12(4)13-8-7-9-14(19)10-13/h7-12,15,19H,5-6,17H2,1-4H3/t11?,12?,15-/m0/s1. The zero-order valence-electron chi connectivity index (χ0n) is 12.8. The summed E-state index contributed by atoms with van der Waals surface area (Å²) in [6, 6.07) is 6.44. The van der Waals surface area contributed by atoms with Crippen molar-refractivity contribution in [2.75, 3.05) is 6.54 Å². The summed E-state index contributed by atoms with van der Waals surface area (Å²) in [5, 5.41) is 9.56. The van der Waals surface area contributed by atoms with Crippen LogP contribution >= 0.6 is 0 Å². The average molecular weight is 278 g/mol. The molecule has 0 aromatic heterocycles. The summed E-state index contributed by atoms with van der Waals surface area (Å²) in [5.41, 5.74) is 6.97. The van der Waals surface area contributed by atoms with Crippen LogP contribution < -0.4 is 5.73 Å². The van der Waals surface area contributed by atoms with Crippen molar-refractivity contribution in [2.45, 2.75) is 46.2 Å². The molecular weight excluding hydrogens is 252 g/mol. The van der Waals surface area contributed by atoms with Crippen LogP contribution in [-0.2, 0) is 4.79 Å². The number of carbonyl (C=O) groups is 1. The van der Waals surface area contributed by atoms with E-state index in [9.17, 15) is 9.90 Å². The maximum Gasteiger partial charge on any atom is 0.240 e. The second-order valence-corrected chi connectivity index (χ2v) is 5.31. The smallest absolute Gasteiger partial charge is 0.240 e. The summed E-state index contributed by atoms with van der Waals surface area (Å²) < 4.78 is 0. The number of phenolic OH excluding ortho intramolecular Hbond substituents is 1. The Labute approximate surface area is 121 Å². The zero-order chi connectivity index (χ0) is 15.3. The number of hydrogen-bond donors (Lipinski definition) is 2. The third-order valence-electron chi connectivity index (χ3n) is 3.99. The van der Waals surface area contributed by atoms with Crippen LogP contribution in [0.2, 0.25) is 0 Å². The van der Waals surface area contributed by atoms with E-state index in [1.165, 1.54) is 0 Å². The number of aromatic hydroxyl groups is 1. The Morgan fingerprint density at radius 2 is 2.00 bits per heavy atom. The van der Waals surface area contributed by atoms with E-state index in [4.69, 9.17) is 5.73 Å². The van der Waals surface area contributed by atoms with Crippen molar-refractivity contribution in [1.82, 2.24) is 4.90 Å². The molecule has 0 aliphatic carbocycles. The highest BCUT2D eigenvalue weighted by Gasteiger charge is 2.27. The summed E-state index contributed by atoms with van der Waals surface area (Å²) in [6.45, 7) is 8.53. The lowest BCUT2D eigenvalue weighted by molar-refractivity contribution is -0.135. The van der Waals surface area contributed by atoms with Crippen LogP contribution in [0.25, 0.3) is 0 Å². The molecule has 1 rings (SSSR count). The SMILES string of the molecule is CCC(C)[C@H](N)C(=O)N(CC)C(C)c1cccc(O)c1. The predicted octanol–water partition coefficient (Wildman–Crippen LogP) is 2.68. The van der Waals surface area contributed by atoms with Gasteiger partial charge in [-0.3, -0.25) is 4.79 Å². The van der Waals surface area contributed by atoms with Crippen molar-refractivity contribution >= 4 is 5.91 Å². The number of rotatable bonds is 6. The zero-order valence-corrected chi connectivity index (χ0v) is 12.8. The Balaban J connectivity index is 2.92. The third-order valence-corrected chi connectivity index (χ3v) is 3.99. The van der Waals surface area contributed by atoms with E-state index in [1.807, 2.05) is 33.8 Å². The molecule has 0 fully saturated rings. The topological polar surface area (TPSA) is 66.6 Å². The van der Waals surface area contributed by atoms with Crippen LogP contribution in [0.3, 0.4) is 0 Å². The largest absolute Gasteiger partial charge is 0.508 e. The molecule has 3 atom stereocenters. The van der Waals surface area contributed by atoms with Crippen LogP contribution in [0, 0.1) is 5.92 Å². The highest BCUT2D eigenvalue weighted by molar-refractivity contribution is 5.82. The molecule has 0 saturated heterocycles. The van der Waals surface area contributed by atoms with Gasteiger partial charge in [0.1, 0.15) is 5.75 Å². The van der Waals surface area contributed by atoms with Crippen molar-refractivity contribution in [3.8, 4) is 5.75 Å². The van der Waals surface area contributed by atoms with Gasteiger partial charge >= 0.3 is 0 Å². The van der Waals surface area contributed by atoms with E-state index >= 15 is 0 Å². The number of hydrogen-bond acceptors (Lipinski definition) is 3. The molecule has 112 valence electrons. The fourth-order valence-electron chi connectivity index (χ4n) is 2.27. The molecule has 20 heavy (non-hydrogen) atoms. The van der Waals surface area contributed by atoms with Gasteiger partial charge in [0, 0.05) is 6.54 Å². The molecule has 0 aliphatic rings. The first-order valence-electron chi connectivity index (χ1n) is 7.27. The summed E-state index contributed by atoms with van der Waals surface area (Å²) in [4.78, 5) is 14.3. The minimum atomic E-state index is -0.472. The maximum atomic E-state index is 12.5. The van der Waals surface area contributed by atoms with E-state index in [1.54, 1.807) is 23.1 Å². The summed E-state index contributed by atoms with van der Waals surface area (Å²) in [7, 11) is 0. The van der Waals surface area contributed by atoms with Crippen LogP contribution in [0.4, 0.5) is 0 Å². The fraction of sp³-hybridized carbons (Fsp3) is 0.562. The number of amides is 1. The van der Waals surface area contributed by atoms with Crippen molar-refractivity contribution in [2.24, 2.45) is 11.7 Å². The second kappa shape index (κ2) is 7.29. The molecular formula is C16H26N2O2. The van der Waals surface area contributed by atoms with Gasteiger partial charge < -0.3 is 15.7 Å². The Bertz CT molecular complexity index is 448. The van der Waals surface area contributed by atoms with E-state index in [0.717, 1.165) is 12.0 Å². The maximum absolute atomic E-state index is 12.5. The van der Waals surface area contributed by atoms with Crippen molar-refractivity contribution in [1.29, 1.82) is 0 Å². The summed E-state index contributed by atoms with van der Waals surface area (Å²) in [5.74, 6) is 0.342. The van der Waals surface area contributed by atoms with E-state index in [-0.39, 0.29) is 23.6 Å². The van der Waals surface area contributed by atoms with Gasteiger partial charge in [0.2, 0.25) is 5.91 Å². The number of likely N-dealkylation sites (N-methyl/N-ethyl adjacent to an activating group) is 1. The van der Waals surface area contributed by atoms with Gasteiger partial charge in [0.15, 0.2) is 0 Å². The van der Waals surface area contributed by atoms with E-state index in [2.05, 4.69) is 0 Å². The van der Waals surface area contributed by atoms with Gasteiger partial charge in [-0.2, -0.15) is 0 Å². The summed E-state index contributed by atoms with van der Waals surface area (Å²) >= 11 is 0. The molecule has 4 nitrogen and oxygen atoms in total. The van der Waals surface area contributed by atoms with Gasteiger partial charge in [0.05, 0.1) is 12.1 Å². The Kier molecular flexibility index (Phi) is 6.02. The second-order valence-electron chi connectivity index (χ2n) is 5.31. The molecule has 1 aromatic rings. The summed E-state index contributed by atoms with van der Waals surface area (Å²) in [6.07, 6.45) is 0.880. The van der Waals surface area contributed by atoms with Crippen LogP contribution in [-0.4, -0.2) is 28.5 Å². The van der Waals surface area contributed by atoms with Gasteiger partial charge in [-0.05, 0) is 37.5 Å². The number of nitrogens with two attached hydrogens (primary N) is 1. The molecule has 0 heterocycles. The molecule has 0 bridgehead atoms. The Hall–Kier alpha value is -1.55. The van der Waals surface area contributed by atoms with E-state index in [0.29, 0.717) is 6.54 Å². The van der Waals surface area contributed by atoms with Crippen LogP contribution in [0.5, 0.6) is 5.75 Å². The minimum Gasteiger partial charge on any atom is -0.508 e. The van der Waals surface area contributed by atoms with E-state index < -0.39 is 6.04 Å². The first-order chi connectivity index (χ1) is 9.42. The molecule has 2 unspecified atom stereocenters. The Morgan fingerprint density at radius 1 is 1.35 bits per heavy atom. The monoisotopic (exact) mass is 278 g/mol. The van der Waals surface area contributed by atoms with Gasteiger partial charge in [0.25, 0.3) is 0 Å². The van der Waals surface area contributed by atoms with Crippen molar-refractivity contribution < 1.29 is 9.90 Å². The highest BCUT2D eigenvalue weighted by atomic mass is 16.3. The lowest BCUT2D eigenvalue weighted by atomic mass is 9.97. The average Bonchev–Trinajstić information content (AvgIpc) is 2.46. The lowest BCUT2D eigenvalue weighted by Crippen LogP contribution is -2.47. The third kappa shape index (κ3) is 3.73. The van der Waals surface area contributed by atoms with Crippen molar-refractivity contribution in [3.05, 3.63) is 29.8 Å². The first kappa shape index (κ1) is 16.5. The fourth-order valence-corrected chi connectivity index (χ4v) is 2.27. The minimum absolute atomic E-state index is 0.0299. The van der Waals surface area contributed by atoms with Crippen LogP contribution in [0.15, 0.2) is 24.3 Å². The molecule has 0 aliphatic heterocycles. The number of nitrogens with zero attached hydrogens (tertiary/aromatic N) is 1.